The Kier molecular flexibility index (Phi) is 9.13. The number of carbonyl (C=O) groups excluding carboxylic acids is 3. The quantitative estimate of drug-likeness (QED) is 0.250. The highest BCUT2D eigenvalue weighted by Crippen LogP contribution is 2.38. The molecule has 1 fully saturated rings. The molecular weight excluding hydrogens is 644 g/mol. The van der Waals surface area contributed by atoms with Crippen molar-refractivity contribution in [2.75, 3.05) is 11.9 Å². The molecule has 1 saturated heterocycles. The van der Waals surface area contributed by atoms with Crippen molar-refractivity contribution < 1.29 is 19.1 Å². The molecular formula is C27H21Br2ClN2O4S. The molecule has 1 heterocycles. The van der Waals surface area contributed by atoms with Gasteiger partial charge in [-0.2, -0.15) is 0 Å². The third-order valence-electron chi connectivity index (χ3n) is 5.47. The zero-order valence-corrected chi connectivity index (χ0v) is 24.3. The van der Waals surface area contributed by atoms with Crippen LogP contribution < -0.4 is 10.1 Å². The van der Waals surface area contributed by atoms with Crippen molar-refractivity contribution in [2.24, 2.45) is 0 Å². The molecule has 0 radical (unpaired) electrons. The number of thioether (sulfide) groups is 1. The van der Waals surface area contributed by atoms with Crippen molar-refractivity contribution in [3.8, 4) is 5.75 Å². The van der Waals surface area contributed by atoms with Crippen LogP contribution in [0, 0.1) is 0 Å². The molecule has 190 valence electrons. The van der Waals surface area contributed by atoms with Gasteiger partial charge in [-0.1, -0.05) is 48.9 Å². The average molecular weight is 665 g/mol. The third kappa shape index (κ3) is 6.84. The number of aryl methyl sites for hydroxylation is 1. The third-order valence-corrected chi connectivity index (χ3v) is 7.92. The fourth-order valence-electron chi connectivity index (χ4n) is 3.52. The number of hydrogen-bond donors (Lipinski definition) is 1. The van der Waals surface area contributed by atoms with Crippen molar-refractivity contribution in [2.45, 2.75) is 20.0 Å². The number of ether oxygens (including phenoxy) is 1. The number of halogens is 3. The molecule has 1 N–H and O–H groups in total. The first kappa shape index (κ1) is 27.4. The number of rotatable bonds is 8. The molecule has 1 aliphatic heterocycles. The van der Waals surface area contributed by atoms with Crippen LogP contribution in [0.4, 0.5) is 10.5 Å². The Bertz CT molecular complexity index is 1370. The van der Waals surface area contributed by atoms with E-state index in [1.165, 1.54) is 0 Å². The number of carbonyl (C=O) groups is 3. The van der Waals surface area contributed by atoms with Crippen molar-refractivity contribution >= 4 is 84.0 Å². The Labute approximate surface area is 240 Å². The minimum absolute atomic E-state index is 0.230. The molecule has 0 atom stereocenters. The summed E-state index contributed by atoms with van der Waals surface area (Å²) in [5, 5.41) is 2.85. The Hall–Kier alpha value is -2.59. The van der Waals surface area contributed by atoms with Gasteiger partial charge in [-0.15, -0.1) is 0 Å². The van der Waals surface area contributed by atoms with E-state index in [0.717, 1.165) is 34.2 Å². The van der Waals surface area contributed by atoms with E-state index in [2.05, 4.69) is 37.2 Å². The minimum Gasteiger partial charge on any atom is -0.486 e. The summed E-state index contributed by atoms with van der Waals surface area (Å²) in [6.07, 6.45) is 2.50. The molecule has 10 heteroatoms. The lowest BCUT2D eigenvalue weighted by Crippen LogP contribution is -2.36. The zero-order valence-electron chi connectivity index (χ0n) is 19.6. The molecule has 3 aromatic carbocycles. The SMILES string of the molecule is CCc1ccc(NC(=O)CN2C(=O)S/C(=C/c3cc(Br)c(OCc4ccccc4Cl)c(Br)c3)C2=O)cc1. The van der Waals surface area contributed by atoms with Gasteiger partial charge in [0.2, 0.25) is 5.91 Å². The van der Waals surface area contributed by atoms with Gasteiger partial charge in [0.1, 0.15) is 18.9 Å². The summed E-state index contributed by atoms with van der Waals surface area (Å²) < 4.78 is 7.26. The molecule has 0 aromatic heterocycles. The molecule has 3 amide bonds. The van der Waals surface area contributed by atoms with Crippen molar-refractivity contribution in [3.05, 3.63) is 96.2 Å². The summed E-state index contributed by atoms with van der Waals surface area (Å²) in [6, 6.07) is 18.4. The van der Waals surface area contributed by atoms with E-state index in [0.29, 0.717) is 31.0 Å². The number of nitrogens with zero attached hydrogens (tertiary/aromatic N) is 1. The highest BCUT2D eigenvalue weighted by atomic mass is 79.9. The lowest BCUT2D eigenvalue weighted by molar-refractivity contribution is -0.127. The van der Waals surface area contributed by atoms with Crippen LogP contribution in [-0.2, 0) is 22.6 Å². The number of imide groups is 1. The number of amides is 3. The van der Waals surface area contributed by atoms with Gasteiger partial charge < -0.3 is 10.1 Å². The first-order valence-corrected chi connectivity index (χ1v) is 14.0. The maximum absolute atomic E-state index is 12.9. The van der Waals surface area contributed by atoms with Gasteiger partial charge >= 0.3 is 0 Å². The smallest absolute Gasteiger partial charge is 0.294 e. The topological polar surface area (TPSA) is 75.7 Å². The molecule has 0 saturated carbocycles. The number of anilines is 1. The molecule has 6 nitrogen and oxygen atoms in total. The fraction of sp³-hybridized carbons (Fsp3) is 0.148. The fourth-order valence-corrected chi connectivity index (χ4v) is 6.00. The summed E-state index contributed by atoms with van der Waals surface area (Å²) >= 11 is 14.0. The van der Waals surface area contributed by atoms with Gasteiger partial charge in [0, 0.05) is 16.3 Å². The van der Waals surface area contributed by atoms with Crippen LogP contribution in [-0.4, -0.2) is 28.5 Å². The standard InChI is InChI=1S/C27H21Br2ClN2O4S/c1-2-16-7-9-19(10-8-16)31-24(33)14-32-26(34)23(37-27(32)35)13-17-11-20(28)25(21(29)12-17)36-15-18-5-3-4-6-22(18)30/h3-13H,2,14-15H2,1H3,(H,31,33)/b23-13+. The van der Waals surface area contributed by atoms with Gasteiger partial charge in [-0.3, -0.25) is 19.3 Å². The van der Waals surface area contributed by atoms with Gasteiger partial charge in [-0.25, -0.2) is 0 Å². The molecule has 0 bridgehead atoms. The van der Waals surface area contributed by atoms with Crippen molar-refractivity contribution in [1.29, 1.82) is 0 Å². The number of hydrogen-bond acceptors (Lipinski definition) is 5. The van der Waals surface area contributed by atoms with E-state index in [1.807, 2.05) is 37.3 Å². The van der Waals surface area contributed by atoms with E-state index in [4.69, 9.17) is 16.3 Å². The molecule has 0 aliphatic carbocycles. The van der Waals surface area contributed by atoms with E-state index < -0.39 is 17.1 Å². The average Bonchev–Trinajstić information content (AvgIpc) is 3.12. The molecule has 3 aromatic rings. The van der Waals surface area contributed by atoms with Crippen LogP contribution in [0.3, 0.4) is 0 Å². The summed E-state index contributed by atoms with van der Waals surface area (Å²) in [4.78, 5) is 39.0. The molecule has 37 heavy (non-hydrogen) atoms. The maximum atomic E-state index is 12.9. The van der Waals surface area contributed by atoms with Crippen molar-refractivity contribution in [3.63, 3.8) is 0 Å². The van der Waals surface area contributed by atoms with Crippen LogP contribution in [0.15, 0.2) is 74.5 Å². The molecule has 1 aliphatic rings. The molecule has 0 spiro atoms. The molecule has 0 unspecified atom stereocenters. The Morgan fingerprint density at radius 2 is 1.76 bits per heavy atom. The van der Waals surface area contributed by atoms with E-state index >= 15 is 0 Å². The van der Waals surface area contributed by atoms with E-state index in [1.54, 1.807) is 36.4 Å². The van der Waals surface area contributed by atoms with Gasteiger partial charge in [-0.05, 0) is 97.6 Å². The monoisotopic (exact) mass is 662 g/mol. The van der Waals surface area contributed by atoms with Crippen LogP contribution in [0.5, 0.6) is 5.75 Å². The van der Waals surface area contributed by atoms with Gasteiger partial charge in [0.15, 0.2) is 0 Å². The molecule has 4 rings (SSSR count). The summed E-state index contributed by atoms with van der Waals surface area (Å²) in [7, 11) is 0. The second kappa shape index (κ2) is 12.3. The minimum atomic E-state index is -0.516. The van der Waals surface area contributed by atoms with Crippen molar-refractivity contribution in [1.82, 2.24) is 4.90 Å². The lowest BCUT2D eigenvalue weighted by Gasteiger charge is -2.13. The normalized spacial score (nSPS) is 14.4. The Morgan fingerprint density at radius 3 is 2.41 bits per heavy atom. The second-order valence-corrected chi connectivity index (χ2v) is 11.2. The first-order valence-electron chi connectivity index (χ1n) is 11.2. The second-order valence-electron chi connectivity index (χ2n) is 8.06. The Morgan fingerprint density at radius 1 is 1.08 bits per heavy atom. The Balaban J connectivity index is 1.43. The van der Waals surface area contributed by atoms with Crippen LogP contribution in [0.2, 0.25) is 5.02 Å². The van der Waals surface area contributed by atoms with Gasteiger partial charge in [0.05, 0.1) is 13.9 Å². The van der Waals surface area contributed by atoms with Crippen LogP contribution >= 0.6 is 55.2 Å². The number of nitrogens with one attached hydrogen (secondary N) is 1. The number of benzene rings is 3. The zero-order chi connectivity index (χ0) is 26.5. The van der Waals surface area contributed by atoms with E-state index in [-0.39, 0.29) is 18.1 Å². The summed E-state index contributed by atoms with van der Waals surface area (Å²) in [6.45, 7) is 1.96. The predicted molar refractivity (Wildman–Crippen MR) is 155 cm³/mol. The maximum Gasteiger partial charge on any atom is 0.294 e. The summed E-state index contributed by atoms with van der Waals surface area (Å²) in [5.74, 6) is -0.384. The van der Waals surface area contributed by atoms with Crippen LogP contribution in [0.25, 0.3) is 6.08 Å². The van der Waals surface area contributed by atoms with Gasteiger partial charge in [0.25, 0.3) is 11.1 Å². The summed E-state index contributed by atoms with van der Waals surface area (Å²) in [5.41, 5.74) is 3.28. The highest BCUT2D eigenvalue weighted by Gasteiger charge is 2.36. The van der Waals surface area contributed by atoms with Crippen LogP contribution in [0.1, 0.15) is 23.6 Å². The predicted octanol–water partition coefficient (Wildman–Crippen LogP) is 7.68. The lowest BCUT2D eigenvalue weighted by atomic mass is 10.1. The highest BCUT2D eigenvalue weighted by molar-refractivity contribution is 9.11. The largest absolute Gasteiger partial charge is 0.486 e. The van der Waals surface area contributed by atoms with E-state index in [9.17, 15) is 14.4 Å². The first-order chi connectivity index (χ1) is 17.7.